The molecule has 0 saturated heterocycles. The van der Waals surface area contributed by atoms with Gasteiger partial charge in [-0.15, -0.1) is 6.58 Å². The van der Waals surface area contributed by atoms with Crippen molar-refractivity contribution >= 4 is 8.32 Å². The molecule has 1 aromatic rings. The predicted molar refractivity (Wildman–Crippen MR) is 72.2 cm³/mol. The van der Waals surface area contributed by atoms with E-state index >= 15 is 0 Å². The molecule has 0 unspecified atom stereocenters. The first-order valence-corrected chi connectivity index (χ1v) is 8.98. The maximum Gasteiger partial charge on any atom is 0.242 e. The standard InChI is InChI=1S/C13H21NOSi/c1-5-6-13(14)11-7-9-12(10-8-11)15-16(2,3)4/h5,7-10,13H,1,6,14H2,2-4H3/t13-/m1/s1. The van der Waals surface area contributed by atoms with Gasteiger partial charge in [-0.1, -0.05) is 18.2 Å². The first-order chi connectivity index (χ1) is 7.42. The van der Waals surface area contributed by atoms with Gasteiger partial charge in [-0.3, -0.25) is 0 Å². The van der Waals surface area contributed by atoms with Crippen LogP contribution in [0.15, 0.2) is 36.9 Å². The molecule has 0 aromatic heterocycles. The van der Waals surface area contributed by atoms with Crippen LogP contribution in [0.25, 0.3) is 0 Å². The van der Waals surface area contributed by atoms with Crippen molar-refractivity contribution in [3.63, 3.8) is 0 Å². The van der Waals surface area contributed by atoms with Gasteiger partial charge >= 0.3 is 0 Å². The minimum Gasteiger partial charge on any atom is -0.544 e. The Hall–Kier alpha value is -1.06. The average molecular weight is 235 g/mol. The van der Waals surface area contributed by atoms with Crippen molar-refractivity contribution in [2.75, 3.05) is 0 Å². The third-order valence-corrected chi connectivity index (χ3v) is 3.00. The summed E-state index contributed by atoms with van der Waals surface area (Å²) in [6.45, 7) is 10.2. The molecule has 1 atom stereocenters. The molecule has 0 bridgehead atoms. The smallest absolute Gasteiger partial charge is 0.242 e. The van der Waals surface area contributed by atoms with Crippen LogP contribution < -0.4 is 10.2 Å². The van der Waals surface area contributed by atoms with E-state index in [0.717, 1.165) is 17.7 Å². The molecule has 0 aliphatic heterocycles. The lowest BCUT2D eigenvalue weighted by Gasteiger charge is -2.19. The number of benzene rings is 1. The summed E-state index contributed by atoms with van der Waals surface area (Å²) in [6.07, 6.45) is 2.64. The third-order valence-electron chi connectivity index (χ3n) is 2.15. The molecule has 2 nitrogen and oxygen atoms in total. The molecule has 0 aliphatic carbocycles. The molecular weight excluding hydrogens is 214 g/mol. The van der Waals surface area contributed by atoms with E-state index in [4.69, 9.17) is 10.2 Å². The van der Waals surface area contributed by atoms with E-state index in [1.54, 1.807) is 0 Å². The molecule has 0 aliphatic rings. The van der Waals surface area contributed by atoms with Crippen molar-refractivity contribution in [2.24, 2.45) is 5.73 Å². The maximum absolute atomic E-state index is 5.98. The Kier molecular flexibility index (Phi) is 4.32. The fourth-order valence-corrected chi connectivity index (χ4v) is 2.30. The fraction of sp³-hybridized carbons (Fsp3) is 0.385. The summed E-state index contributed by atoms with van der Waals surface area (Å²) in [5.74, 6) is 0.939. The first kappa shape index (κ1) is 13.0. The van der Waals surface area contributed by atoms with Crippen LogP contribution >= 0.6 is 0 Å². The van der Waals surface area contributed by atoms with Gasteiger partial charge in [-0.2, -0.15) is 0 Å². The lowest BCUT2D eigenvalue weighted by Crippen LogP contribution is -2.29. The van der Waals surface area contributed by atoms with Gasteiger partial charge in [0.1, 0.15) is 5.75 Å². The molecule has 16 heavy (non-hydrogen) atoms. The van der Waals surface area contributed by atoms with Gasteiger partial charge in [0.2, 0.25) is 8.32 Å². The minimum atomic E-state index is -1.51. The van der Waals surface area contributed by atoms with Gasteiger partial charge in [0.05, 0.1) is 0 Å². The molecule has 0 amide bonds. The van der Waals surface area contributed by atoms with Crippen LogP contribution in [0.4, 0.5) is 0 Å². The van der Waals surface area contributed by atoms with E-state index in [2.05, 4.69) is 26.2 Å². The summed E-state index contributed by atoms with van der Waals surface area (Å²) in [5.41, 5.74) is 7.11. The normalized spacial score (nSPS) is 13.2. The van der Waals surface area contributed by atoms with Crippen LogP contribution in [-0.4, -0.2) is 8.32 Å². The summed E-state index contributed by atoms with van der Waals surface area (Å²) in [5, 5.41) is 0. The van der Waals surface area contributed by atoms with Gasteiger partial charge in [0.25, 0.3) is 0 Å². The molecule has 0 radical (unpaired) electrons. The zero-order valence-corrected chi connectivity index (χ0v) is 11.4. The molecule has 1 rings (SSSR count). The van der Waals surface area contributed by atoms with Crippen LogP contribution in [0.5, 0.6) is 5.75 Å². The van der Waals surface area contributed by atoms with Crippen LogP contribution in [0.2, 0.25) is 19.6 Å². The second-order valence-electron chi connectivity index (χ2n) is 4.91. The first-order valence-electron chi connectivity index (χ1n) is 5.58. The summed E-state index contributed by atoms with van der Waals surface area (Å²) in [7, 11) is -1.51. The molecule has 0 fully saturated rings. The van der Waals surface area contributed by atoms with Crippen molar-refractivity contribution < 1.29 is 4.43 Å². The quantitative estimate of drug-likeness (QED) is 0.626. The summed E-state index contributed by atoms with van der Waals surface area (Å²) in [6, 6.07) is 8.10. The van der Waals surface area contributed by atoms with Gasteiger partial charge < -0.3 is 10.2 Å². The van der Waals surface area contributed by atoms with E-state index in [-0.39, 0.29) is 6.04 Å². The second-order valence-corrected chi connectivity index (χ2v) is 9.34. The second kappa shape index (κ2) is 5.32. The fourth-order valence-electron chi connectivity index (χ4n) is 1.45. The Morgan fingerprint density at radius 2 is 1.88 bits per heavy atom. The van der Waals surface area contributed by atoms with E-state index < -0.39 is 8.32 Å². The summed E-state index contributed by atoms with van der Waals surface area (Å²) >= 11 is 0. The Morgan fingerprint density at radius 3 is 2.31 bits per heavy atom. The van der Waals surface area contributed by atoms with Gasteiger partial charge in [-0.25, -0.2) is 0 Å². The number of hydrogen-bond donors (Lipinski definition) is 1. The van der Waals surface area contributed by atoms with Crippen LogP contribution in [0, 0.1) is 0 Å². The molecule has 0 saturated carbocycles. The SMILES string of the molecule is C=CC[C@@H](N)c1ccc(O[Si](C)(C)C)cc1. The Morgan fingerprint density at radius 1 is 1.31 bits per heavy atom. The maximum atomic E-state index is 5.98. The molecular formula is C13H21NOSi. The lowest BCUT2D eigenvalue weighted by molar-refractivity contribution is 0.557. The highest BCUT2D eigenvalue weighted by atomic mass is 28.4. The summed E-state index contributed by atoms with van der Waals surface area (Å²) < 4.78 is 5.87. The van der Waals surface area contributed by atoms with Crippen molar-refractivity contribution in [3.8, 4) is 5.75 Å². The highest BCUT2D eigenvalue weighted by molar-refractivity contribution is 6.70. The van der Waals surface area contributed by atoms with E-state index in [9.17, 15) is 0 Å². The number of nitrogens with two attached hydrogens (primary N) is 1. The zero-order valence-electron chi connectivity index (χ0n) is 10.4. The van der Waals surface area contributed by atoms with Crippen LogP contribution in [-0.2, 0) is 0 Å². The van der Waals surface area contributed by atoms with Gasteiger partial charge in [-0.05, 0) is 43.8 Å². The molecule has 3 heteroatoms. The third kappa shape index (κ3) is 4.21. The molecule has 1 aromatic carbocycles. The molecule has 2 N–H and O–H groups in total. The molecule has 0 spiro atoms. The van der Waals surface area contributed by atoms with Crippen LogP contribution in [0.3, 0.4) is 0 Å². The molecule has 88 valence electrons. The van der Waals surface area contributed by atoms with E-state index in [1.807, 2.05) is 30.3 Å². The average Bonchev–Trinajstić information content (AvgIpc) is 2.16. The van der Waals surface area contributed by atoms with Crippen molar-refractivity contribution in [3.05, 3.63) is 42.5 Å². The van der Waals surface area contributed by atoms with Crippen LogP contribution in [0.1, 0.15) is 18.0 Å². The monoisotopic (exact) mass is 235 g/mol. The zero-order chi connectivity index (χ0) is 12.2. The predicted octanol–water partition coefficient (Wildman–Crippen LogP) is 3.48. The van der Waals surface area contributed by atoms with Gasteiger partial charge in [0.15, 0.2) is 0 Å². The Labute approximate surface area is 99.3 Å². The largest absolute Gasteiger partial charge is 0.544 e. The lowest BCUT2D eigenvalue weighted by atomic mass is 10.1. The number of rotatable bonds is 5. The minimum absolute atomic E-state index is 0.0402. The van der Waals surface area contributed by atoms with Crippen molar-refractivity contribution in [1.29, 1.82) is 0 Å². The number of hydrogen-bond acceptors (Lipinski definition) is 2. The topological polar surface area (TPSA) is 35.2 Å². The van der Waals surface area contributed by atoms with E-state index in [1.165, 1.54) is 0 Å². The van der Waals surface area contributed by atoms with Gasteiger partial charge in [0, 0.05) is 6.04 Å². The highest BCUT2D eigenvalue weighted by Gasteiger charge is 2.16. The Balaban J connectivity index is 2.71. The Bertz CT molecular complexity index is 340. The summed E-state index contributed by atoms with van der Waals surface area (Å²) in [4.78, 5) is 0. The van der Waals surface area contributed by atoms with Crippen molar-refractivity contribution in [2.45, 2.75) is 32.1 Å². The van der Waals surface area contributed by atoms with E-state index in [0.29, 0.717) is 0 Å². The van der Waals surface area contributed by atoms with Crippen molar-refractivity contribution in [1.82, 2.24) is 0 Å². The highest BCUT2D eigenvalue weighted by Crippen LogP contribution is 2.20. The molecule has 0 heterocycles.